The predicted molar refractivity (Wildman–Crippen MR) is 65.2 cm³/mol. The molecule has 1 aromatic heterocycles. The van der Waals surface area contributed by atoms with Gasteiger partial charge in [-0.2, -0.15) is 4.98 Å². The molecule has 0 amide bonds. The van der Waals surface area contributed by atoms with Crippen molar-refractivity contribution in [3.63, 3.8) is 0 Å². The molecular weight excluding hydrogens is 204 g/mol. The minimum Gasteiger partial charge on any atom is -0.481 e. The highest BCUT2D eigenvalue weighted by molar-refractivity contribution is 5.77. The van der Waals surface area contributed by atoms with Crippen LogP contribution in [-0.4, -0.2) is 31.0 Å². The number of hydrogen-bond acceptors (Lipinski definition) is 4. The van der Waals surface area contributed by atoms with E-state index in [4.69, 9.17) is 15.9 Å². The summed E-state index contributed by atoms with van der Waals surface area (Å²) < 4.78 is 5.07. The number of nitrogens with zero attached hydrogens (tertiary/aromatic N) is 2. The van der Waals surface area contributed by atoms with Gasteiger partial charge in [-0.25, -0.2) is 0 Å². The Labute approximate surface area is 95.7 Å². The molecule has 0 saturated heterocycles. The van der Waals surface area contributed by atoms with Crippen molar-refractivity contribution in [3.05, 3.63) is 18.2 Å². The van der Waals surface area contributed by atoms with E-state index in [2.05, 4.69) is 9.88 Å². The van der Waals surface area contributed by atoms with Crippen LogP contribution in [0.3, 0.4) is 0 Å². The fraction of sp³-hybridized carbons (Fsp3) is 0.455. The summed E-state index contributed by atoms with van der Waals surface area (Å²) in [6.45, 7) is 3.57. The zero-order valence-electron chi connectivity index (χ0n) is 9.73. The second-order valence-corrected chi connectivity index (χ2v) is 3.39. The van der Waals surface area contributed by atoms with E-state index in [-0.39, 0.29) is 5.84 Å². The first-order chi connectivity index (χ1) is 7.67. The summed E-state index contributed by atoms with van der Waals surface area (Å²) in [5.74, 6) is 1.64. The summed E-state index contributed by atoms with van der Waals surface area (Å²) in [6.07, 6.45) is 0.548. The van der Waals surface area contributed by atoms with E-state index >= 15 is 0 Å². The Morgan fingerprint density at radius 3 is 2.88 bits per heavy atom. The first-order valence-electron chi connectivity index (χ1n) is 5.26. The number of anilines is 1. The molecule has 1 aromatic rings. The molecular formula is C11H18N4O. The van der Waals surface area contributed by atoms with Crippen LogP contribution in [0.15, 0.2) is 18.2 Å². The van der Waals surface area contributed by atoms with Crippen LogP contribution in [0, 0.1) is 5.41 Å². The third-order valence-electron chi connectivity index (χ3n) is 2.27. The molecule has 0 aliphatic heterocycles. The van der Waals surface area contributed by atoms with Crippen LogP contribution >= 0.6 is 0 Å². The SMILES string of the molecule is CCN(CCC(=N)N)c1cccc(OC)n1. The van der Waals surface area contributed by atoms with Crippen molar-refractivity contribution in [1.29, 1.82) is 5.41 Å². The average Bonchev–Trinajstić information content (AvgIpc) is 2.30. The van der Waals surface area contributed by atoms with Gasteiger partial charge in [-0.3, -0.25) is 5.41 Å². The molecule has 0 aromatic carbocycles. The molecule has 0 fully saturated rings. The monoisotopic (exact) mass is 222 g/mol. The van der Waals surface area contributed by atoms with Crippen LogP contribution < -0.4 is 15.4 Å². The summed E-state index contributed by atoms with van der Waals surface area (Å²) in [4.78, 5) is 6.39. The van der Waals surface area contributed by atoms with Gasteiger partial charge < -0.3 is 15.4 Å². The lowest BCUT2D eigenvalue weighted by Crippen LogP contribution is -2.28. The van der Waals surface area contributed by atoms with Crippen molar-refractivity contribution >= 4 is 11.7 Å². The lowest BCUT2D eigenvalue weighted by atomic mass is 10.3. The molecule has 16 heavy (non-hydrogen) atoms. The Morgan fingerprint density at radius 1 is 1.56 bits per heavy atom. The Morgan fingerprint density at radius 2 is 2.31 bits per heavy atom. The molecule has 0 aliphatic carbocycles. The smallest absolute Gasteiger partial charge is 0.214 e. The summed E-state index contributed by atoms with van der Waals surface area (Å²) in [7, 11) is 1.60. The van der Waals surface area contributed by atoms with Crippen LogP contribution in [0.5, 0.6) is 5.88 Å². The minimum atomic E-state index is 0.196. The lowest BCUT2D eigenvalue weighted by Gasteiger charge is -2.21. The average molecular weight is 222 g/mol. The van der Waals surface area contributed by atoms with Crippen molar-refractivity contribution in [2.75, 3.05) is 25.1 Å². The summed E-state index contributed by atoms with van der Waals surface area (Å²) >= 11 is 0. The number of methoxy groups -OCH3 is 1. The van der Waals surface area contributed by atoms with Crippen LogP contribution in [0.25, 0.3) is 0 Å². The van der Waals surface area contributed by atoms with E-state index in [1.54, 1.807) is 7.11 Å². The van der Waals surface area contributed by atoms with E-state index in [1.807, 2.05) is 25.1 Å². The fourth-order valence-corrected chi connectivity index (χ4v) is 1.38. The van der Waals surface area contributed by atoms with E-state index in [1.165, 1.54) is 0 Å². The quantitative estimate of drug-likeness (QED) is 0.561. The Bertz CT molecular complexity index is 354. The number of nitrogens with two attached hydrogens (primary N) is 1. The normalized spacial score (nSPS) is 9.88. The van der Waals surface area contributed by atoms with Crippen LogP contribution in [0.4, 0.5) is 5.82 Å². The van der Waals surface area contributed by atoms with E-state index < -0.39 is 0 Å². The van der Waals surface area contributed by atoms with Gasteiger partial charge in [-0.15, -0.1) is 0 Å². The highest BCUT2D eigenvalue weighted by Gasteiger charge is 2.06. The van der Waals surface area contributed by atoms with Crippen molar-refractivity contribution in [2.45, 2.75) is 13.3 Å². The topological polar surface area (TPSA) is 75.2 Å². The highest BCUT2D eigenvalue weighted by atomic mass is 16.5. The molecule has 5 heteroatoms. The molecule has 1 heterocycles. The molecule has 1 rings (SSSR count). The summed E-state index contributed by atoms with van der Waals surface area (Å²) in [6, 6.07) is 5.63. The van der Waals surface area contributed by atoms with Gasteiger partial charge in [-0.1, -0.05) is 6.07 Å². The van der Waals surface area contributed by atoms with Gasteiger partial charge in [0.1, 0.15) is 5.82 Å². The molecule has 3 N–H and O–H groups in total. The van der Waals surface area contributed by atoms with Crippen LogP contribution in [0.2, 0.25) is 0 Å². The maximum atomic E-state index is 7.21. The number of ether oxygens (including phenoxy) is 1. The number of aromatic nitrogens is 1. The zero-order chi connectivity index (χ0) is 12.0. The highest BCUT2D eigenvalue weighted by Crippen LogP contribution is 2.15. The van der Waals surface area contributed by atoms with E-state index in [0.717, 1.165) is 12.4 Å². The summed E-state index contributed by atoms with van der Waals surface area (Å²) in [5.41, 5.74) is 5.34. The number of pyridine rings is 1. The van der Waals surface area contributed by atoms with Crippen molar-refractivity contribution in [1.82, 2.24) is 4.98 Å². The van der Waals surface area contributed by atoms with Crippen molar-refractivity contribution in [3.8, 4) is 5.88 Å². The fourth-order valence-electron chi connectivity index (χ4n) is 1.38. The largest absolute Gasteiger partial charge is 0.481 e. The van der Waals surface area contributed by atoms with Crippen LogP contribution in [0.1, 0.15) is 13.3 Å². The molecule has 88 valence electrons. The van der Waals surface area contributed by atoms with Gasteiger partial charge in [-0.05, 0) is 13.0 Å². The summed E-state index contributed by atoms with van der Waals surface area (Å²) in [5, 5.41) is 7.21. The van der Waals surface area contributed by atoms with Gasteiger partial charge in [0.15, 0.2) is 0 Å². The third-order valence-corrected chi connectivity index (χ3v) is 2.27. The van der Waals surface area contributed by atoms with Crippen LogP contribution in [-0.2, 0) is 0 Å². The second kappa shape index (κ2) is 5.95. The first-order valence-corrected chi connectivity index (χ1v) is 5.26. The van der Waals surface area contributed by atoms with Gasteiger partial charge in [0, 0.05) is 25.6 Å². The molecule has 0 spiro atoms. The zero-order valence-corrected chi connectivity index (χ0v) is 9.73. The third kappa shape index (κ3) is 3.42. The Kier molecular flexibility index (Phi) is 4.57. The standard InChI is InChI=1S/C11H18N4O/c1-3-15(8-7-9(12)13)10-5-4-6-11(14-10)16-2/h4-6H,3,7-8H2,1-2H3,(H3,12,13). The van der Waals surface area contributed by atoms with Gasteiger partial charge in [0.2, 0.25) is 5.88 Å². The number of amidine groups is 1. The molecule has 0 aliphatic rings. The first kappa shape index (κ1) is 12.3. The maximum absolute atomic E-state index is 7.21. The number of nitrogens with one attached hydrogen (secondary N) is 1. The number of rotatable bonds is 6. The molecule has 0 bridgehead atoms. The second-order valence-electron chi connectivity index (χ2n) is 3.39. The van der Waals surface area contributed by atoms with Crippen molar-refractivity contribution in [2.24, 2.45) is 5.73 Å². The van der Waals surface area contributed by atoms with Gasteiger partial charge in [0.05, 0.1) is 12.9 Å². The molecule has 0 radical (unpaired) electrons. The van der Waals surface area contributed by atoms with Crippen molar-refractivity contribution < 1.29 is 4.74 Å². The van der Waals surface area contributed by atoms with Gasteiger partial charge >= 0.3 is 0 Å². The van der Waals surface area contributed by atoms with Gasteiger partial charge in [0.25, 0.3) is 0 Å². The lowest BCUT2D eigenvalue weighted by molar-refractivity contribution is 0.398. The minimum absolute atomic E-state index is 0.196. The number of hydrogen-bond donors (Lipinski definition) is 2. The Balaban J connectivity index is 2.73. The van der Waals surface area contributed by atoms with E-state index in [0.29, 0.717) is 18.8 Å². The molecule has 0 unspecified atom stereocenters. The molecule has 0 atom stereocenters. The molecule has 5 nitrogen and oxygen atoms in total. The maximum Gasteiger partial charge on any atom is 0.214 e. The van der Waals surface area contributed by atoms with E-state index in [9.17, 15) is 0 Å². The molecule has 0 saturated carbocycles. The predicted octanol–water partition coefficient (Wildman–Crippen LogP) is 1.24. The Hall–Kier alpha value is -1.78.